The highest BCUT2D eigenvalue weighted by Gasteiger charge is 2.21. The van der Waals surface area contributed by atoms with Crippen LogP contribution in [0.25, 0.3) is 0 Å². The van der Waals surface area contributed by atoms with Gasteiger partial charge in [0, 0.05) is 24.2 Å². The number of nitrogens with zero attached hydrogens (tertiary/aromatic N) is 1. The number of ketones is 1. The summed E-state index contributed by atoms with van der Waals surface area (Å²) in [5, 5.41) is 0. The monoisotopic (exact) mass is 367 g/mol. The summed E-state index contributed by atoms with van der Waals surface area (Å²) in [5.74, 6) is 1.19. The average molecular weight is 367 g/mol. The Hall–Kier alpha value is -2.82. The second kappa shape index (κ2) is 8.71. The molecule has 0 unspecified atom stereocenters. The Morgan fingerprint density at radius 3 is 2.44 bits per heavy atom. The molecule has 2 aromatic carbocycles. The molecule has 0 aromatic heterocycles. The number of carbonyl (C=O) groups excluding carboxylic acids is 2. The zero-order valence-electron chi connectivity index (χ0n) is 15.9. The predicted molar refractivity (Wildman–Crippen MR) is 104 cm³/mol. The highest BCUT2D eigenvalue weighted by atomic mass is 16.5. The maximum absolute atomic E-state index is 12.9. The number of Topliss-reactive ketones (excluding diaryl/α,β-unsaturated/α-hetero) is 1. The third-order valence-corrected chi connectivity index (χ3v) is 4.83. The molecule has 1 saturated heterocycles. The zero-order chi connectivity index (χ0) is 19.2. The number of rotatable bonds is 6. The third kappa shape index (κ3) is 4.48. The summed E-state index contributed by atoms with van der Waals surface area (Å²) in [4.78, 5) is 26.4. The minimum atomic E-state index is -0.0143. The first-order valence-electron chi connectivity index (χ1n) is 9.29. The molecule has 27 heavy (non-hydrogen) atoms. The van der Waals surface area contributed by atoms with Gasteiger partial charge in [-0.3, -0.25) is 9.59 Å². The van der Waals surface area contributed by atoms with Crippen molar-refractivity contribution >= 4 is 11.7 Å². The summed E-state index contributed by atoms with van der Waals surface area (Å²) in [6, 6.07) is 12.6. The van der Waals surface area contributed by atoms with Gasteiger partial charge in [0.05, 0.1) is 12.7 Å². The van der Waals surface area contributed by atoms with Gasteiger partial charge in [-0.1, -0.05) is 12.1 Å². The number of ether oxygens (including phenoxy) is 2. The van der Waals surface area contributed by atoms with Crippen LogP contribution in [-0.4, -0.2) is 36.8 Å². The molecule has 1 aliphatic rings. The molecule has 3 rings (SSSR count). The van der Waals surface area contributed by atoms with Crippen LogP contribution in [-0.2, 0) is 6.61 Å². The van der Waals surface area contributed by atoms with Gasteiger partial charge in [0.25, 0.3) is 5.91 Å². The molecule has 1 heterocycles. The molecule has 0 aliphatic carbocycles. The summed E-state index contributed by atoms with van der Waals surface area (Å²) < 4.78 is 11.3. The number of benzene rings is 2. The Morgan fingerprint density at radius 2 is 1.74 bits per heavy atom. The van der Waals surface area contributed by atoms with E-state index in [9.17, 15) is 9.59 Å². The average Bonchev–Trinajstić information content (AvgIpc) is 2.72. The van der Waals surface area contributed by atoms with Crippen LogP contribution in [0.1, 0.15) is 52.5 Å². The van der Waals surface area contributed by atoms with E-state index < -0.39 is 0 Å². The zero-order valence-corrected chi connectivity index (χ0v) is 15.9. The van der Waals surface area contributed by atoms with Gasteiger partial charge >= 0.3 is 0 Å². The van der Waals surface area contributed by atoms with Gasteiger partial charge in [-0.25, -0.2) is 0 Å². The van der Waals surface area contributed by atoms with E-state index in [1.165, 1.54) is 13.3 Å². The van der Waals surface area contributed by atoms with Gasteiger partial charge < -0.3 is 14.4 Å². The van der Waals surface area contributed by atoms with E-state index in [-0.39, 0.29) is 18.3 Å². The maximum Gasteiger partial charge on any atom is 0.257 e. The minimum absolute atomic E-state index is 0.00903. The molecule has 0 N–H and O–H groups in total. The summed E-state index contributed by atoms with van der Waals surface area (Å²) in [7, 11) is 1.58. The molecule has 1 fully saturated rings. The SMILES string of the molecule is COc1ccc(C(C)=O)cc1COc1ccccc1C(=O)N1CCCCC1. The molecule has 2 aromatic rings. The third-order valence-electron chi connectivity index (χ3n) is 4.83. The van der Waals surface area contributed by atoms with Crippen molar-refractivity contribution in [3.63, 3.8) is 0 Å². The Balaban J connectivity index is 1.80. The topological polar surface area (TPSA) is 55.8 Å². The number of likely N-dealkylation sites (tertiary alicyclic amines) is 1. The number of amides is 1. The molecule has 0 spiro atoms. The van der Waals surface area contributed by atoms with Crippen LogP contribution in [0.2, 0.25) is 0 Å². The van der Waals surface area contributed by atoms with Crippen LogP contribution in [0, 0.1) is 0 Å². The van der Waals surface area contributed by atoms with E-state index in [0.29, 0.717) is 22.6 Å². The molecule has 0 bridgehead atoms. The van der Waals surface area contributed by atoms with Crippen molar-refractivity contribution in [2.24, 2.45) is 0 Å². The van der Waals surface area contributed by atoms with Crippen molar-refractivity contribution in [3.8, 4) is 11.5 Å². The lowest BCUT2D eigenvalue weighted by Gasteiger charge is -2.27. The Bertz CT molecular complexity index is 825. The molecule has 5 nitrogen and oxygen atoms in total. The first-order chi connectivity index (χ1) is 13.1. The van der Waals surface area contributed by atoms with E-state index in [1.807, 2.05) is 17.0 Å². The van der Waals surface area contributed by atoms with E-state index in [1.54, 1.807) is 37.4 Å². The lowest BCUT2D eigenvalue weighted by atomic mass is 10.1. The summed E-state index contributed by atoms with van der Waals surface area (Å²) in [5.41, 5.74) is 1.94. The van der Waals surface area contributed by atoms with Crippen molar-refractivity contribution < 1.29 is 19.1 Å². The van der Waals surface area contributed by atoms with Crippen LogP contribution in [0.15, 0.2) is 42.5 Å². The second-order valence-electron chi connectivity index (χ2n) is 6.72. The lowest BCUT2D eigenvalue weighted by Crippen LogP contribution is -2.35. The van der Waals surface area contributed by atoms with Crippen molar-refractivity contribution in [2.45, 2.75) is 32.8 Å². The number of methoxy groups -OCH3 is 1. The van der Waals surface area contributed by atoms with E-state index in [2.05, 4.69) is 0 Å². The summed E-state index contributed by atoms with van der Waals surface area (Å²) in [6.45, 7) is 3.33. The van der Waals surface area contributed by atoms with Crippen LogP contribution in [0.4, 0.5) is 0 Å². The van der Waals surface area contributed by atoms with Crippen LogP contribution < -0.4 is 9.47 Å². The lowest BCUT2D eigenvalue weighted by molar-refractivity contribution is 0.0719. The smallest absolute Gasteiger partial charge is 0.257 e. The Morgan fingerprint density at radius 1 is 1.00 bits per heavy atom. The van der Waals surface area contributed by atoms with Gasteiger partial charge in [-0.2, -0.15) is 0 Å². The summed E-state index contributed by atoms with van der Waals surface area (Å²) >= 11 is 0. The fourth-order valence-electron chi connectivity index (χ4n) is 3.30. The molecule has 142 valence electrons. The van der Waals surface area contributed by atoms with Crippen LogP contribution in [0.3, 0.4) is 0 Å². The maximum atomic E-state index is 12.9. The van der Waals surface area contributed by atoms with Gasteiger partial charge in [-0.05, 0) is 56.5 Å². The van der Waals surface area contributed by atoms with Gasteiger partial charge in [0.15, 0.2) is 5.78 Å². The first kappa shape index (κ1) is 19.0. The molecular formula is C22H25NO4. The first-order valence-corrected chi connectivity index (χ1v) is 9.29. The second-order valence-corrected chi connectivity index (χ2v) is 6.72. The van der Waals surface area contributed by atoms with Crippen LogP contribution >= 0.6 is 0 Å². The Labute approximate surface area is 159 Å². The van der Waals surface area contributed by atoms with Gasteiger partial charge in [0.1, 0.15) is 18.1 Å². The number of hydrogen-bond acceptors (Lipinski definition) is 4. The quantitative estimate of drug-likeness (QED) is 0.721. The van der Waals surface area contributed by atoms with Gasteiger partial charge in [0.2, 0.25) is 0 Å². The number of carbonyl (C=O) groups is 2. The van der Waals surface area contributed by atoms with Crippen molar-refractivity contribution in [3.05, 3.63) is 59.2 Å². The molecule has 0 saturated carbocycles. The number of para-hydroxylation sites is 1. The fourth-order valence-corrected chi connectivity index (χ4v) is 3.30. The molecule has 1 amide bonds. The summed E-state index contributed by atoms with van der Waals surface area (Å²) in [6.07, 6.45) is 3.27. The molecule has 0 radical (unpaired) electrons. The molecular weight excluding hydrogens is 342 g/mol. The highest BCUT2D eigenvalue weighted by molar-refractivity contribution is 5.97. The Kier molecular flexibility index (Phi) is 6.12. The van der Waals surface area contributed by atoms with Crippen molar-refractivity contribution in [1.82, 2.24) is 4.90 Å². The van der Waals surface area contributed by atoms with E-state index in [0.717, 1.165) is 31.5 Å². The van der Waals surface area contributed by atoms with Crippen LogP contribution in [0.5, 0.6) is 11.5 Å². The van der Waals surface area contributed by atoms with Crippen molar-refractivity contribution in [1.29, 1.82) is 0 Å². The molecule has 1 aliphatic heterocycles. The fraction of sp³-hybridized carbons (Fsp3) is 0.364. The molecule has 0 atom stereocenters. The van der Waals surface area contributed by atoms with E-state index >= 15 is 0 Å². The highest BCUT2D eigenvalue weighted by Crippen LogP contribution is 2.26. The predicted octanol–water partition coefficient (Wildman–Crippen LogP) is 4.10. The normalized spacial score (nSPS) is 13.9. The standard InChI is InChI=1S/C22H25NO4/c1-16(24)17-10-11-20(26-2)18(14-17)15-27-21-9-5-4-8-19(21)22(25)23-12-6-3-7-13-23/h4-5,8-11,14H,3,6-7,12-13,15H2,1-2H3. The van der Waals surface area contributed by atoms with E-state index in [4.69, 9.17) is 9.47 Å². The van der Waals surface area contributed by atoms with Gasteiger partial charge in [-0.15, -0.1) is 0 Å². The molecule has 5 heteroatoms. The number of hydrogen-bond donors (Lipinski definition) is 0. The largest absolute Gasteiger partial charge is 0.496 e. The number of piperidine rings is 1. The minimum Gasteiger partial charge on any atom is -0.496 e. The van der Waals surface area contributed by atoms with Crippen molar-refractivity contribution in [2.75, 3.05) is 20.2 Å².